The minimum Gasteiger partial charge on any atom is -0.494 e. The van der Waals surface area contributed by atoms with Crippen molar-refractivity contribution in [2.45, 2.75) is 19.9 Å². The molecule has 0 aliphatic carbocycles. The third-order valence-corrected chi connectivity index (χ3v) is 3.83. The molecule has 1 amide bonds. The molecule has 0 spiro atoms. The summed E-state index contributed by atoms with van der Waals surface area (Å²) < 4.78 is 7.72. The highest BCUT2D eigenvalue weighted by Gasteiger charge is 2.11. The van der Waals surface area contributed by atoms with Crippen molar-refractivity contribution in [1.82, 2.24) is 25.0 Å². The lowest BCUT2D eigenvalue weighted by Gasteiger charge is -2.08. The first-order chi connectivity index (χ1) is 12.2. The second-order valence-corrected chi connectivity index (χ2v) is 5.62. The molecule has 0 saturated carbocycles. The Balaban J connectivity index is 1.71. The van der Waals surface area contributed by atoms with Gasteiger partial charge in [0, 0.05) is 24.6 Å². The predicted molar refractivity (Wildman–Crippen MR) is 95.9 cm³/mol. The number of carbonyl (C=O) groups is 1. The van der Waals surface area contributed by atoms with Gasteiger partial charge < -0.3 is 10.1 Å². The number of ether oxygens (including phenoxy) is 1. The fourth-order valence-corrected chi connectivity index (χ4v) is 2.59. The maximum absolute atomic E-state index is 12.0. The number of H-pyrrole nitrogens is 2. The number of aromatic amines is 2. The van der Waals surface area contributed by atoms with Crippen LogP contribution in [0.4, 0.5) is 5.82 Å². The Labute approximate surface area is 149 Å². The van der Waals surface area contributed by atoms with Crippen LogP contribution in [0.25, 0.3) is 11.4 Å². The van der Waals surface area contributed by atoms with Gasteiger partial charge in [0.25, 0.3) is 0 Å². The molecule has 0 radical (unpaired) electrons. The van der Waals surface area contributed by atoms with E-state index in [4.69, 9.17) is 17.0 Å². The maximum atomic E-state index is 12.0. The first kappa shape index (κ1) is 16.9. The van der Waals surface area contributed by atoms with Crippen LogP contribution >= 0.6 is 12.2 Å². The molecule has 3 N–H and O–H groups in total. The molecular weight excluding hydrogens is 340 g/mol. The van der Waals surface area contributed by atoms with Crippen LogP contribution in [0, 0.1) is 4.77 Å². The van der Waals surface area contributed by atoms with E-state index < -0.39 is 0 Å². The Hall–Kier alpha value is -2.94. The van der Waals surface area contributed by atoms with E-state index in [1.54, 1.807) is 16.8 Å². The van der Waals surface area contributed by atoms with E-state index in [-0.39, 0.29) is 12.3 Å². The second-order valence-electron chi connectivity index (χ2n) is 5.23. The minimum atomic E-state index is -0.134. The summed E-state index contributed by atoms with van der Waals surface area (Å²) in [7, 11) is 0. The molecule has 0 aliphatic rings. The Kier molecular flexibility index (Phi) is 5.24. The van der Waals surface area contributed by atoms with Gasteiger partial charge in [0.2, 0.25) is 5.91 Å². The molecule has 9 heteroatoms. The van der Waals surface area contributed by atoms with Gasteiger partial charge in [-0.25, -0.2) is 0 Å². The molecule has 0 saturated heterocycles. The number of aromatic nitrogens is 5. The number of amides is 1. The average Bonchev–Trinajstić information content (AvgIpc) is 3.24. The lowest BCUT2D eigenvalue weighted by molar-refractivity contribution is -0.116. The molecular formula is C16H18N6O2S. The molecule has 0 fully saturated rings. The fraction of sp³-hybridized carbons (Fsp3) is 0.250. The third-order valence-electron chi connectivity index (χ3n) is 3.52. The van der Waals surface area contributed by atoms with Crippen molar-refractivity contribution in [3.05, 3.63) is 41.3 Å². The zero-order valence-electron chi connectivity index (χ0n) is 13.7. The first-order valence-corrected chi connectivity index (χ1v) is 8.26. The number of hydrogen-bond acceptors (Lipinski definition) is 5. The molecule has 0 aliphatic heterocycles. The van der Waals surface area contributed by atoms with Crippen LogP contribution < -0.4 is 10.1 Å². The molecule has 3 rings (SSSR count). The number of hydrogen-bond donors (Lipinski definition) is 3. The average molecular weight is 358 g/mol. The molecule has 130 valence electrons. The standard InChI is InChI=1S/C16H18N6O2S/c1-2-24-12-5-3-11(4-6-12)15-20-21-16(25)22(15)10-8-14(23)18-13-7-9-17-19-13/h3-7,9H,2,8,10H2,1H3,(H,21,25)(H2,17,18,19,23). The van der Waals surface area contributed by atoms with E-state index in [0.29, 0.717) is 29.6 Å². The summed E-state index contributed by atoms with van der Waals surface area (Å²) in [4.78, 5) is 12.0. The van der Waals surface area contributed by atoms with E-state index in [1.807, 2.05) is 31.2 Å². The van der Waals surface area contributed by atoms with Crippen LogP contribution in [0.2, 0.25) is 0 Å². The van der Waals surface area contributed by atoms with E-state index >= 15 is 0 Å². The second kappa shape index (κ2) is 7.75. The number of nitrogens with zero attached hydrogens (tertiary/aromatic N) is 3. The van der Waals surface area contributed by atoms with Crippen LogP contribution in [-0.4, -0.2) is 37.5 Å². The van der Waals surface area contributed by atoms with Gasteiger partial charge in [0.05, 0.1) is 12.8 Å². The zero-order chi connectivity index (χ0) is 17.6. The monoisotopic (exact) mass is 358 g/mol. The largest absolute Gasteiger partial charge is 0.494 e. The van der Waals surface area contributed by atoms with Gasteiger partial charge in [-0.1, -0.05) is 0 Å². The van der Waals surface area contributed by atoms with Gasteiger partial charge in [-0.3, -0.25) is 19.6 Å². The highest BCUT2D eigenvalue weighted by molar-refractivity contribution is 7.71. The van der Waals surface area contributed by atoms with E-state index in [9.17, 15) is 4.79 Å². The van der Waals surface area contributed by atoms with Crippen molar-refractivity contribution in [2.24, 2.45) is 0 Å². The lowest BCUT2D eigenvalue weighted by Crippen LogP contribution is -2.15. The van der Waals surface area contributed by atoms with Crippen molar-refractivity contribution in [3.8, 4) is 17.1 Å². The van der Waals surface area contributed by atoms with Crippen molar-refractivity contribution in [2.75, 3.05) is 11.9 Å². The van der Waals surface area contributed by atoms with Crippen LogP contribution in [0.1, 0.15) is 13.3 Å². The number of nitrogens with one attached hydrogen (secondary N) is 3. The topological polar surface area (TPSA) is 101 Å². The zero-order valence-corrected chi connectivity index (χ0v) is 14.5. The molecule has 0 unspecified atom stereocenters. The summed E-state index contributed by atoms with van der Waals surface area (Å²) in [6, 6.07) is 9.28. The summed E-state index contributed by atoms with van der Waals surface area (Å²) in [5, 5.41) is 16.3. The number of carbonyl (C=O) groups excluding carboxylic acids is 1. The van der Waals surface area contributed by atoms with Gasteiger partial charge in [0.1, 0.15) is 11.6 Å². The molecule has 0 bridgehead atoms. The van der Waals surface area contributed by atoms with Gasteiger partial charge >= 0.3 is 0 Å². The highest BCUT2D eigenvalue weighted by Crippen LogP contribution is 2.21. The van der Waals surface area contributed by atoms with Crippen molar-refractivity contribution in [3.63, 3.8) is 0 Å². The molecule has 2 heterocycles. The number of benzene rings is 1. The summed E-state index contributed by atoms with van der Waals surface area (Å²) in [6.45, 7) is 2.97. The van der Waals surface area contributed by atoms with Crippen LogP contribution in [0.15, 0.2) is 36.5 Å². The van der Waals surface area contributed by atoms with Crippen molar-refractivity contribution < 1.29 is 9.53 Å². The minimum absolute atomic E-state index is 0.134. The maximum Gasteiger partial charge on any atom is 0.227 e. The van der Waals surface area contributed by atoms with E-state index in [2.05, 4.69) is 25.7 Å². The Morgan fingerprint density at radius 1 is 1.28 bits per heavy atom. The number of rotatable bonds is 7. The molecule has 1 aromatic carbocycles. The summed E-state index contributed by atoms with van der Waals surface area (Å²) in [5.41, 5.74) is 0.893. The molecule has 0 atom stereocenters. The molecule has 3 aromatic rings. The van der Waals surface area contributed by atoms with Crippen LogP contribution in [0.3, 0.4) is 0 Å². The van der Waals surface area contributed by atoms with Crippen molar-refractivity contribution in [1.29, 1.82) is 0 Å². The van der Waals surface area contributed by atoms with Gasteiger partial charge in [-0.05, 0) is 43.4 Å². The van der Waals surface area contributed by atoms with Gasteiger partial charge in [-0.15, -0.1) is 0 Å². The molecule has 8 nitrogen and oxygen atoms in total. The Morgan fingerprint density at radius 2 is 2.08 bits per heavy atom. The van der Waals surface area contributed by atoms with E-state index in [0.717, 1.165) is 11.3 Å². The first-order valence-electron chi connectivity index (χ1n) is 7.85. The highest BCUT2D eigenvalue weighted by atomic mass is 32.1. The quantitative estimate of drug-likeness (QED) is 0.564. The predicted octanol–water partition coefficient (Wildman–Crippen LogP) is 2.76. The third kappa shape index (κ3) is 4.13. The lowest BCUT2D eigenvalue weighted by atomic mass is 10.2. The van der Waals surface area contributed by atoms with Crippen molar-refractivity contribution >= 4 is 23.9 Å². The molecule has 25 heavy (non-hydrogen) atoms. The van der Waals surface area contributed by atoms with E-state index in [1.165, 1.54) is 0 Å². The normalized spacial score (nSPS) is 10.6. The summed E-state index contributed by atoms with van der Waals surface area (Å²) in [5.74, 6) is 1.91. The SMILES string of the molecule is CCOc1ccc(-c2n[nH]c(=S)n2CCC(=O)Nc2ccn[nH]2)cc1. The van der Waals surface area contributed by atoms with Gasteiger partial charge in [0.15, 0.2) is 10.6 Å². The summed E-state index contributed by atoms with van der Waals surface area (Å²) in [6.07, 6.45) is 1.84. The van der Waals surface area contributed by atoms with Gasteiger partial charge in [-0.2, -0.15) is 10.2 Å². The Bertz CT molecular complexity index is 882. The van der Waals surface area contributed by atoms with Crippen LogP contribution in [0.5, 0.6) is 5.75 Å². The smallest absolute Gasteiger partial charge is 0.227 e. The van der Waals surface area contributed by atoms with Crippen LogP contribution in [-0.2, 0) is 11.3 Å². The fourth-order valence-electron chi connectivity index (χ4n) is 2.36. The molecule has 2 aromatic heterocycles. The Morgan fingerprint density at radius 3 is 2.76 bits per heavy atom. The summed E-state index contributed by atoms with van der Waals surface area (Å²) >= 11 is 5.28. The number of anilines is 1.